The van der Waals surface area contributed by atoms with E-state index >= 15 is 0 Å². The molecule has 44 heavy (non-hydrogen) atoms. The van der Waals surface area contributed by atoms with Gasteiger partial charge in [0, 0.05) is 16.7 Å². The molecule has 0 bridgehead atoms. The molecule has 8 aromatic rings. The lowest BCUT2D eigenvalue weighted by atomic mass is 9.97. The first-order chi connectivity index (χ1) is 24.7. The topological polar surface area (TPSA) is 38.7 Å². The van der Waals surface area contributed by atoms with Gasteiger partial charge in [-0.1, -0.05) is 145 Å². The molecule has 8 rings (SSSR count). The van der Waals surface area contributed by atoms with Crippen LogP contribution in [-0.2, 0) is 0 Å². The average molecular weight is 569 g/mol. The van der Waals surface area contributed by atoms with Gasteiger partial charge in [-0.05, 0) is 62.0 Å². The molecule has 0 aliphatic carbocycles. The minimum absolute atomic E-state index is 0.0250. The van der Waals surface area contributed by atoms with Crippen LogP contribution in [0.1, 0.15) is 9.60 Å². The summed E-state index contributed by atoms with van der Waals surface area (Å²) in [5, 5.41) is 2.04. The molecule has 0 amide bonds. The highest BCUT2D eigenvalue weighted by Gasteiger charge is 2.14. The Labute approximate surface area is 266 Å². The Hall–Kier alpha value is -5.93. The Morgan fingerprint density at radius 1 is 0.364 bits per heavy atom. The molecule has 0 aliphatic heterocycles. The third kappa shape index (κ3) is 4.91. The molecule has 0 radical (unpaired) electrons. The minimum atomic E-state index is -0.491. The smallest absolute Gasteiger partial charge is 0.164 e. The summed E-state index contributed by atoms with van der Waals surface area (Å²) in [6.45, 7) is 0. The highest BCUT2D eigenvalue weighted by atomic mass is 15.0. The van der Waals surface area contributed by atoms with E-state index in [2.05, 4.69) is 42.5 Å². The molecule has 206 valence electrons. The van der Waals surface area contributed by atoms with Crippen molar-refractivity contribution in [3.05, 3.63) is 164 Å². The molecule has 0 N–H and O–H groups in total. The SMILES string of the molecule is [2H]c1c([2H])c([2H])c2c(-c3cccc(-c4nc(-c5ccccc5)nc(-c5ccc6cc(-c7ccccc7)ccc6c5)n4)c3)c([2H])c([2H])c([2H])c2c1[2H]. The van der Waals surface area contributed by atoms with Gasteiger partial charge in [-0.15, -0.1) is 0 Å². The molecule has 3 nitrogen and oxygen atoms in total. The highest BCUT2D eigenvalue weighted by Crippen LogP contribution is 2.33. The van der Waals surface area contributed by atoms with Gasteiger partial charge < -0.3 is 0 Å². The van der Waals surface area contributed by atoms with Crippen molar-refractivity contribution in [2.45, 2.75) is 0 Å². The van der Waals surface area contributed by atoms with Gasteiger partial charge in [0.15, 0.2) is 17.5 Å². The first-order valence-electron chi connectivity index (χ1n) is 17.7. The van der Waals surface area contributed by atoms with Gasteiger partial charge >= 0.3 is 0 Å². The second-order valence-corrected chi connectivity index (χ2v) is 10.4. The summed E-state index contributed by atoms with van der Waals surface area (Å²) < 4.78 is 59.6. The molecule has 1 heterocycles. The van der Waals surface area contributed by atoms with Crippen LogP contribution in [0.3, 0.4) is 0 Å². The van der Waals surface area contributed by atoms with Gasteiger partial charge in [0.25, 0.3) is 0 Å². The molecule has 0 unspecified atom stereocenters. The maximum absolute atomic E-state index is 8.84. The first-order valence-corrected chi connectivity index (χ1v) is 14.2. The van der Waals surface area contributed by atoms with Crippen LogP contribution in [0.5, 0.6) is 0 Å². The Morgan fingerprint density at radius 3 is 1.66 bits per heavy atom. The summed E-state index contributed by atoms with van der Waals surface area (Å²) in [5.74, 6) is 1.29. The van der Waals surface area contributed by atoms with E-state index in [4.69, 9.17) is 24.5 Å². The number of nitrogens with zero attached hydrogens (tertiary/aromatic N) is 3. The van der Waals surface area contributed by atoms with Gasteiger partial charge in [0.2, 0.25) is 0 Å². The van der Waals surface area contributed by atoms with E-state index in [9.17, 15) is 0 Å². The lowest BCUT2D eigenvalue weighted by Gasteiger charge is -2.11. The van der Waals surface area contributed by atoms with Gasteiger partial charge in [-0.3, -0.25) is 0 Å². The number of hydrogen-bond donors (Lipinski definition) is 0. The summed E-state index contributed by atoms with van der Waals surface area (Å²) >= 11 is 0. The van der Waals surface area contributed by atoms with E-state index in [1.165, 1.54) is 0 Å². The average Bonchev–Trinajstić information content (AvgIpc) is 3.18. The maximum atomic E-state index is 8.84. The van der Waals surface area contributed by atoms with E-state index in [0.717, 1.165) is 33.0 Å². The van der Waals surface area contributed by atoms with E-state index in [0.29, 0.717) is 28.6 Å². The fourth-order valence-electron chi connectivity index (χ4n) is 5.39. The van der Waals surface area contributed by atoms with Crippen LogP contribution in [0.4, 0.5) is 0 Å². The summed E-state index contributed by atoms with van der Waals surface area (Å²) in [4.78, 5) is 14.7. The second kappa shape index (κ2) is 11.0. The Bertz CT molecular complexity index is 2660. The zero-order valence-electron chi connectivity index (χ0n) is 30.4. The lowest BCUT2D eigenvalue weighted by molar-refractivity contribution is 1.07. The fourth-order valence-corrected chi connectivity index (χ4v) is 5.39. The molecule has 0 saturated heterocycles. The molecule has 7 aromatic carbocycles. The van der Waals surface area contributed by atoms with Crippen LogP contribution < -0.4 is 0 Å². The molecular weight excluding hydrogens is 534 g/mol. The predicted molar refractivity (Wildman–Crippen MR) is 182 cm³/mol. The maximum Gasteiger partial charge on any atom is 0.164 e. The van der Waals surface area contributed by atoms with Crippen molar-refractivity contribution in [1.29, 1.82) is 0 Å². The number of benzene rings is 7. The number of rotatable bonds is 5. The summed E-state index contributed by atoms with van der Waals surface area (Å²) in [5.41, 5.74) is 5.02. The quantitative estimate of drug-likeness (QED) is 0.207. The van der Waals surface area contributed by atoms with Gasteiger partial charge in [-0.25, -0.2) is 15.0 Å². The minimum Gasteiger partial charge on any atom is -0.208 e. The third-order valence-electron chi connectivity index (χ3n) is 7.59. The van der Waals surface area contributed by atoms with Crippen LogP contribution >= 0.6 is 0 Å². The lowest BCUT2D eigenvalue weighted by Crippen LogP contribution is -2.00. The molecule has 0 aliphatic rings. The zero-order chi connectivity index (χ0) is 35.4. The Morgan fingerprint density at radius 2 is 0.909 bits per heavy atom. The van der Waals surface area contributed by atoms with Crippen LogP contribution in [0.15, 0.2) is 164 Å². The van der Waals surface area contributed by atoms with Crippen molar-refractivity contribution in [2.24, 2.45) is 0 Å². The Balaban J connectivity index is 1.30. The van der Waals surface area contributed by atoms with Crippen LogP contribution in [-0.4, -0.2) is 15.0 Å². The molecular formula is C41H27N3. The normalized spacial score (nSPS) is 13.4. The Kier molecular flexibility index (Phi) is 4.85. The molecule has 0 saturated carbocycles. The van der Waals surface area contributed by atoms with E-state index in [-0.39, 0.29) is 28.4 Å². The monoisotopic (exact) mass is 568 g/mol. The molecule has 3 heteroatoms. The first kappa shape index (κ1) is 19.3. The van der Waals surface area contributed by atoms with Crippen molar-refractivity contribution in [1.82, 2.24) is 15.0 Å². The number of fused-ring (bicyclic) bond motifs is 2. The largest absolute Gasteiger partial charge is 0.208 e. The standard InChI is InChI=1S/C41H27N3/c1-3-11-28(12-4-1)31-21-22-33-26-36(24-23-32(33)25-31)41-43-39(30-14-5-2-6-15-30)42-40(44-41)35-18-9-17-34(27-35)38-20-10-16-29-13-7-8-19-37(29)38/h1-27H/i7D,8D,10D,13D,16D,19D,20D. The van der Waals surface area contributed by atoms with E-state index in [1.54, 1.807) is 18.2 Å². The van der Waals surface area contributed by atoms with E-state index in [1.807, 2.05) is 60.7 Å². The second-order valence-electron chi connectivity index (χ2n) is 10.4. The molecule has 0 fully saturated rings. The molecule has 0 spiro atoms. The third-order valence-corrected chi connectivity index (χ3v) is 7.59. The highest BCUT2D eigenvalue weighted by molar-refractivity contribution is 5.97. The molecule has 0 atom stereocenters. The van der Waals surface area contributed by atoms with Gasteiger partial charge in [-0.2, -0.15) is 0 Å². The van der Waals surface area contributed by atoms with Crippen LogP contribution in [0.25, 0.3) is 78.0 Å². The van der Waals surface area contributed by atoms with E-state index < -0.39 is 30.2 Å². The molecule has 1 aromatic heterocycles. The predicted octanol–water partition coefficient (Wildman–Crippen LogP) is 10.5. The van der Waals surface area contributed by atoms with Crippen LogP contribution in [0, 0.1) is 0 Å². The zero-order valence-corrected chi connectivity index (χ0v) is 23.4. The van der Waals surface area contributed by atoms with Gasteiger partial charge in [0.05, 0.1) is 9.60 Å². The van der Waals surface area contributed by atoms with Crippen molar-refractivity contribution < 1.29 is 9.60 Å². The summed E-state index contributed by atoms with van der Waals surface area (Å²) in [6, 6.07) is 36.4. The van der Waals surface area contributed by atoms with Crippen molar-refractivity contribution in [2.75, 3.05) is 0 Å². The van der Waals surface area contributed by atoms with Crippen molar-refractivity contribution >= 4 is 21.5 Å². The summed E-state index contributed by atoms with van der Waals surface area (Å²) in [6.07, 6.45) is 0. The number of hydrogen-bond acceptors (Lipinski definition) is 3. The summed E-state index contributed by atoms with van der Waals surface area (Å²) in [7, 11) is 0. The number of aromatic nitrogens is 3. The fraction of sp³-hybridized carbons (Fsp3) is 0. The van der Waals surface area contributed by atoms with Crippen LogP contribution in [0.2, 0.25) is 0 Å². The van der Waals surface area contributed by atoms with Gasteiger partial charge in [0.1, 0.15) is 0 Å². The van der Waals surface area contributed by atoms with Crippen molar-refractivity contribution in [3.8, 4) is 56.4 Å². The van der Waals surface area contributed by atoms with Crippen molar-refractivity contribution in [3.63, 3.8) is 0 Å².